The molecule has 1 aliphatic rings. The zero-order chi connectivity index (χ0) is 13.5. The van der Waals surface area contributed by atoms with Crippen LogP contribution in [0.4, 0.5) is 0 Å². The summed E-state index contributed by atoms with van der Waals surface area (Å²) in [5.41, 5.74) is 1.74. The van der Waals surface area contributed by atoms with E-state index >= 15 is 0 Å². The van der Waals surface area contributed by atoms with Crippen LogP contribution in [-0.4, -0.2) is 61.3 Å². The van der Waals surface area contributed by atoms with Crippen LogP contribution in [0.3, 0.4) is 0 Å². The third kappa shape index (κ3) is 4.93. The van der Waals surface area contributed by atoms with Gasteiger partial charge in [0.1, 0.15) is 0 Å². The van der Waals surface area contributed by atoms with Gasteiger partial charge in [0.05, 0.1) is 0 Å². The number of benzene rings is 1. The van der Waals surface area contributed by atoms with Gasteiger partial charge in [-0.2, -0.15) is 0 Å². The van der Waals surface area contributed by atoms with Gasteiger partial charge in [-0.25, -0.2) is 0 Å². The summed E-state index contributed by atoms with van der Waals surface area (Å²) in [6.07, 6.45) is 0. The van der Waals surface area contributed by atoms with Crippen LogP contribution in [0.5, 0.6) is 0 Å². The average Bonchev–Trinajstić information content (AvgIpc) is 2.53. The quantitative estimate of drug-likeness (QED) is 0.493. The Bertz CT molecular complexity index is 363. The van der Waals surface area contributed by atoms with Crippen molar-refractivity contribution in [1.82, 2.24) is 15.5 Å². The zero-order valence-corrected chi connectivity index (χ0v) is 11.2. The highest BCUT2D eigenvalue weighted by atomic mass is 16.4. The van der Waals surface area contributed by atoms with Crippen LogP contribution in [-0.2, 0) is 6.54 Å². The minimum absolute atomic E-state index is 0.538. The lowest BCUT2D eigenvalue weighted by Gasteiger charge is -2.21. The van der Waals surface area contributed by atoms with Crippen LogP contribution in [0.15, 0.2) is 24.3 Å². The smallest absolute Gasteiger partial charge is 0.423 e. The van der Waals surface area contributed by atoms with E-state index in [0.717, 1.165) is 45.8 Å². The van der Waals surface area contributed by atoms with E-state index in [0.29, 0.717) is 5.46 Å². The predicted octanol–water partition coefficient (Wildman–Crippen LogP) is -1.64. The minimum atomic E-state index is -1.38. The molecule has 1 aliphatic heterocycles. The molecule has 19 heavy (non-hydrogen) atoms. The summed E-state index contributed by atoms with van der Waals surface area (Å²) in [4.78, 5) is 2.40. The van der Waals surface area contributed by atoms with Gasteiger partial charge in [-0.15, -0.1) is 0 Å². The van der Waals surface area contributed by atoms with Gasteiger partial charge in [0, 0.05) is 45.8 Å². The minimum Gasteiger partial charge on any atom is -0.423 e. The van der Waals surface area contributed by atoms with Crippen LogP contribution in [0, 0.1) is 0 Å². The van der Waals surface area contributed by atoms with Crippen molar-refractivity contribution in [3.05, 3.63) is 29.8 Å². The standard InChI is InChI=1S/C13H22BN3O2/c18-14(19)13-3-1-12(2-4-13)11-17-9-7-15-5-6-16-8-10-17/h1-4,15-16,18-19H,5-11H2. The lowest BCUT2D eigenvalue weighted by Crippen LogP contribution is -2.34. The molecule has 1 saturated heterocycles. The molecule has 5 nitrogen and oxygen atoms in total. The van der Waals surface area contributed by atoms with Gasteiger partial charge in [-0.3, -0.25) is 4.90 Å². The molecule has 0 spiro atoms. The van der Waals surface area contributed by atoms with E-state index in [-0.39, 0.29) is 0 Å². The predicted molar refractivity (Wildman–Crippen MR) is 77.3 cm³/mol. The Morgan fingerprint density at radius 3 is 2.05 bits per heavy atom. The Kier molecular flexibility index (Phi) is 5.81. The summed E-state index contributed by atoms with van der Waals surface area (Å²) in [7, 11) is -1.38. The van der Waals surface area contributed by atoms with E-state index in [1.165, 1.54) is 5.56 Å². The second-order valence-electron chi connectivity index (χ2n) is 4.89. The molecule has 2 rings (SSSR count). The van der Waals surface area contributed by atoms with E-state index in [1.54, 1.807) is 12.1 Å². The normalized spacial score (nSPS) is 18.4. The number of nitrogens with zero attached hydrogens (tertiary/aromatic N) is 1. The Hall–Kier alpha value is -0.915. The Morgan fingerprint density at radius 2 is 1.53 bits per heavy atom. The third-order valence-corrected chi connectivity index (χ3v) is 3.37. The Labute approximate surface area is 114 Å². The molecule has 104 valence electrons. The molecule has 4 N–H and O–H groups in total. The first-order valence-corrected chi connectivity index (χ1v) is 6.84. The molecule has 0 aliphatic carbocycles. The van der Waals surface area contributed by atoms with Gasteiger partial charge in [-0.1, -0.05) is 24.3 Å². The number of rotatable bonds is 3. The van der Waals surface area contributed by atoms with Crippen molar-refractivity contribution in [3.63, 3.8) is 0 Å². The highest BCUT2D eigenvalue weighted by Crippen LogP contribution is 2.03. The van der Waals surface area contributed by atoms with Crippen LogP contribution < -0.4 is 16.1 Å². The van der Waals surface area contributed by atoms with Gasteiger partial charge in [-0.05, 0) is 11.0 Å². The fraction of sp³-hybridized carbons (Fsp3) is 0.538. The Morgan fingerprint density at radius 1 is 0.947 bits per heavy atom. The maximum Gasteiger partial charge on any atom is 0.488 e. The van der Waals surface area contributed by atoms with Gasteiger partial charge < -0.3 is 20.7 Å². The van der Waals surface area contributed by atoms with Crippen LogP contribution in [0.2, 0.25) is 0 Å². The first kappa shape index (κ1) is 14.5. The molecule has 0 aromatic heterocycles. The second kappa shape index (κ2) is 7.62. The zero-order valence-electron chi connectivity index (χ0n) is 11.2. The molecule has 0 amide bonds. The highest BCUT2D eigenvalue weighted by Gasteiger charge is 2.11. The first-order valence-electron chi connectivity index (χ1n) is 6.84. The third-order valence-electron chi connectivity index (χ3n) is 3.37. The van der Waals surface area contributed by atoms with Gasteiger partial charge in [0.25, 0.3) is 0 Å². The summed E-state index contributed by atoms with van der Waals surface area (Å²) in [6, 6.07) is 7.46. The molecule has 0 bridgehead atoms. The van der Waals surface area contributed by atoms with Crippen LogP contribution in [0.1, 0.15) is 5.56 Å². The molecule has 1 heterocycles. The van der Waals surface area contributed by atoms with E-state index < -0.39 is 7.12 Å². The fourth-order valence-electron chi connectivity index (χ4n) is 2.22. The monoisotopic (exact) mass is 263 g/mol. The van der Waals surface area contributed by atoms with Crippen LogP contribution in [0.25, 0.3) is 0 Å². The maximum atomic E-state index is 9.06. The molecule has 1 fully saturated rings. The highest BCUT2D eigenvalue weighted by molar-refractivity contribution is 6.58. The molecule has 0 saturated carbocycles. The van der Waals surface area contributed by atoms with Crippen molar-refractivity contribution < 1.29 is 10.0 Å². The van der Waals surface area contributed by atoms with E-state index in [9.17, 15) is 0 Å². The lowest BCUT2D eigenvalue weighted by atomic mass is 9.80. The SMILES string of the molecule is OB(O)c1ccc(CN2CCNCCNCC2)cc1. The van der Waals surface area contributed by atoms with E-state index in [4.69, 9.17) is 10.0 Å². The second-order valence-corrected chi connectivity index (χ2v) is 4.89. The van der Waals surface area contributed by atoms with E-state index in [1.807, 2.05) is 12.1 Å². The lowest BCUT2D eigenvalue weighted by molar-refractivity contribution is 0.272. The summed E-state index contributed by atoms with van der Waals surface area (Å²) < 4.78 is 0. The van der Waals surface area contributed by atoms with Crippen molar-refractivity contribution >= 4 is 12.6 Å². The van der Waals surface area contributed by atoms with Crippen LogP contribution >= 0.6 is 0 Å². The Balaban J connectivity index is 1.90. The summed E-state index contributed by atoms with van der Waals surface area (Å²) >= 11 is 0. The van der Waals surface area contributed by atoms with Gasteiger partial charge >= 0.3 is 7.12 Å². The van der Waals surface area contributed by atoms with E-state index in [2.05, 4.69) is 15.5 Å². The summed E-state index contributed by atoms with van der Waals surface area (Å²) in [6.45, 7) is 7.03. The molecular formula is C13H22BN3O2. The topological polar surface area (TPSA) is 67.8 Å². The maximum absolute atomic E-state index is 9.06. The fourth-order valence-corrected chi connectivity index (χ4v) is 2.22. The molecule has 1 aromatic carbocycles. The van der Waals surface area contributed by atoms with Crippen molar-refractivity contribution in [3.8, 4) is 0 Å². The average molecular weight is 263 g/mol. The molecule has 6 heteroatoms. The molecule has 0 atom stereocenters. The van der Waals surface area contributed by atoms with Crippen molar-refractivity contribution in [1.29, 1.82) is 0 Å². The molecular weight excluding hydrogens is 241 g/mol. The largest absolute Gasteiger partial charge is 0.488 e. The molecule has 0 radical (unpaired) electrons. The number of hydrogen-bond donors (Lipinski definition) is 4. The van der Waals surface area contributed by atoms with Crippen molar-refractivity contribution in [2.24, 2.45) is 0 Å². The van der Waals surface area contributed by atoms with Crippen molar-refractivity contribution in [2.75, 3.05) is 39.3 Å². The van der Waals surface area contributed by atoms with Crippen molar-refractivity contribution in [2.45, 2.75) is 6.54 Å². The first-order chi connectivity index (χ1) is 9.25. The van der Waals surface area contributed by atoms with Gasteiger partial charge in [0.2, 0.25) is 0 Å². The summed E-state index contributed by atoms with van der Waals surface area (Å²) in [5.74, 6) is 0. The van der Waals surface area contributed by atoms with Gasteiger partial charge in [0.15, 0.2) is 0 Å². The molecule has 1 aromatic rings. The number of nitrogens with one attached hydrogen (secondary N) is 2. The molecule has 0 unspecified atom stereocenters. The number of hydrogen-bond acceptors (Lipinski definition) is 5. The summed E-state index contributed by atoms with van der Waals surface area (Å²) in [5, 5.41) is 24.9.